The van der Waals surface area contributed by atoms with Crippen molar-refractivity contribution in [1.82, 2.24) is 15.2 Å². The SMILES string of the molecule is CC(C)(C)C(=O)Nc1cc2c([nH]1)N=CN(C=CC(OC1CCCCO1)c1ccc(C(=O)N[C@@H](CCC(=O)O)C(=O)O)cc1)C2O. The molecule has 3 unspecified atom stereocenters. The van der Waals surface area contributed by atoms with Crippen LogP contribution < -0.4 is 10.6 Å². The number of hydrogen-bond acceptors (Lipinski definition) is 9. The van der Waals surface area contributed by atoms with E-state index in [-0.39, 0.29) is 17.9 Å². The van der Waals surface area contributed by atoms with Crippen LogP contribution >= 0.6 is 0 Å². The van der Waals surface area contributed by atoms with Crippen molar-refractivity contribution in [3.05, 3.63) is 59.3 Å². The van der Waals surface area contributed by atoms with Gasteiger partial charge in [0.25, 0.3) is 5.91 Å². The zero-order valence-corrected chi connectivity index (χ0v) is 25.4. The molecule has 2 amide bonds. The molecule has 0 bridgehead atoms. The molecular formula is C31H39N5O9. The number of aliphatic imine (C=N–C) groups is 1. The Morgan fingerprint density at radius 1 is 1.18 bits per heavy atom. The van der Waals surface area contributed by atoms with E-state index in [1.807, 2.05) is 0 Å². The number of nitrogens with zero attached hydrogens (tertiary/aromatic N) is 2. The highest BCUT2D eigenvalue weighted by atomic mass is 16.7. The number of aliphatic carboxylic acids is 2. The van der Waals surface area contributed by atoms with E-state index in [1.165, 1.54) is 23.4 Å². The third-order valence-electron chi connectivity index (χ3n) is 7.26. The van der Waals surface area contributed by atoms with Gasteiger partial charge >= 0.3 is 11.9 Å². The second kappa shape index (κ2) is 14.5. The smallest absolute Gasteiger partial charge is 0.326 e. The summed E-state index contributed by atoms with van der Waals surface area (Å²) in [5, 5.41) is 34.5. The van der Waals surface area contributed by atoms with Gasteiger partial charge in [0.2, 0.25) is 5.91 Å². The minimum Gasteiger partial charge on any atom is -0.481 e. The highest BCUT2D eigenvalue weighted by Gasteiger charge is 2.28. The molecule has 1 aromatic heterocycles. The van der Waals surface area contributed by atoms with Crippen LogP contribution in [0.4, 0.5) is 11.6 Å². The Kier molecular flexibility index (Phi) is 10.8. The molecule has 1 saturated heterocycles. The Balaban J connectivity index is 1.49. The molecule has 1 aromatic carbocycles. The van der Waals surface area contributed by atoms with Crippen molar-refractivity contribution in [2.24, 2.45) is 10.4 Å². The lowest BCUT2D eigenvalue weighted by molar-refractivity contribution is -0.180. The van der Waals surface area contributed by atoms with Gasteiger partial charge < -0.3 is 45.3 Å². The molecule has 4 atom stereocenters. The number of aliphatic hydroxyl groups is 1. The number of carboxylic acids is 2. The first-order valence-electron chi connectivity index (χ1n) is 14.7. The van der Waals surface area contributed by atoms with Crippen molar-refractivity contribution in [1.29, 1.82) is 0 Å². The molecule has 0 radical (unpaired) electrons. The Morgan fingerprint density at radius 3 is 2.53 bits per heavy atom. The zero-order valence-electron chi connectivity index (χ0n) is 25.4. The fourth-order valence-electron chi connectivity index (χ4n) is 4.59. The Morgan fingerprint density at radius 2 is 1.91 bits per heavy atom. The summed E-state index contributed by atoms with van der Waals surface area (Å²) in [6.07, 6.45) is 4.47. The van der Waals surface area contributed by atoms with Crippen LogP contribution in [0.1, 0.15) is 86.7 Å². The summed E-state index contributed by atoms with van der Waals surface area (Å²) in [5.41, 5.74) is 0.711. The van der Waals surface area contributed by atoms with Crippen LogP contribution in [-0.4, -0.2) is 74.2 Å². The van der Waals surface area contributed by atoms with E-state index >= 15 is 0 Å². The second-order valence-corrected chi connectivity index (χ2v) is 11.9. The number of fused-ring (bicyclic) bond motifs is 1. The van der Waals surface area contributed by atoms with E-state index in [4.69, 9.17) is 14.6 Å². The van der Waals surface area contributed by atoms with E-state index < -0.39 is 54.3 Å². The standard InChI is InChI=1S/C31H39N5O9/c1-31(2,3)30(43)35-23-16-20-26(34-23)32-17-36(28(20)40)14-13-22(45-25-6-4-5-15-44-25)18-7-9-19(10-8-18)27(39)33-21(29(41)42)11-12-24(37)38/h7-10,13-14,16-17,21-22,25,28,34,40H,4-6,11-12,15H2,1-3H3,(H,33,39)(H,35,43)(H,37,38)(H,41,42)/t21-,22?,25?,28?/m0/s1. The zero-order chi connectivity index (χ0) is 32.7. The highest BCUT2D eigenvalue weighted by molar-refractivity contribution is 5.96. The monoisotopic (exact) mass is 625 g/mol. The van der Waals surface area contributed by atoms with Gasteiger partial charge in [-0.25, -0.2) is 9.79 Å². The Labute approximate surface area is 260 Å². The number of ether oxygens (including phenoxy) is 2. The van der Waals surface area contributed by atoms with Gasteiger partial charge in [0.1, 0.15) is 23.8 Å². The largest absolute Gasteiger partial charge is 0.481 e. The summed E-state index contributed by atoms with van der Waals surface area (Å²) >= 11 is 0. The molecule has 2 aliphatic heterocycles. The minimum absolute atomic E-state index is 0.185. The van der Waals surface area contributed by atoms with Crippen molar-refractivity contribution < 1.29 is 44.0 Å². The van der Waals surface area contributed by atoms with Gasteiger partial charge in [-0.15, -0.1) is 0 Å². The number of aromatic amines is 1. The van der Waals surface area contributed by atoms with Gasteiger partial charge in [-0.1, -0.05) is 32.9 Å². The van der Waals surface area contributed by atoms with Gasteiger partial charge in [0, 0.05) is 35.8 Å². The Bertz CT molecular complexity index is 1440. The first-order valence-corrected chi connectivity index (χ1v) is 14.7. The van der Waals surface area contributed by atoms with Gasteiger partial charge in [-0.3, -0.25) is 14.4 Å². The fourth-order valence-corrected chi connectivity index (χ4v) is 4.59. The maximum absolute atomic E-state index is 12.7. The average Bonchev–Trinajstić information content (AvgIpc) is 3.41. The maximum atomic E-state index is 12.7. The van der Waals surface area contributed by atoms with Crippen LogP contribution in [0.3, 0.4) is 0 Å². The van der Waals surface area contributed by atoms with Crippen LogP contribution in [-0.2, 0) is 23.9 Å². The lowest BCUT2D eigenvalue weighted by Gasteiger charge is -2.28. The number of carbonyl (C=O) groups is 4. The molecule has 242 valence electrons. The summed E-state index contributed by atoms with van der Waals surface area (Å²) < 4.78 is 12.0. The van der Waals surface area contributed by atoms with Gasteiger partial charge in [-0.05, 0) is 55.5 Å². The molecule has 14 nitrogen and oxygen atoms in total. The van der Waals surface area contributed by atoms with Crippen LogP contribution in [0.15, 0.2) is 47.6 Å². The molecule has 3 heterocycles. The molecule has 0 saturated carbocycles. The predicted molar refractivity (Wildman–Crippen MR) is 163 cm³/mol. The van der Waals surface area contributed by atoms with E-state index in [2.05, 4.69) is 20.6 Å². The quantitative estimate of drug-likeness (QED) is 0.201. The van der Waals surface area contributed by atoms with Crippen LogP contribution in [0, 0.1) is 5.41 Å². The van der Waals surface area contributed by atoms with Crippen LogP contribution in [0.2, 0.25) is 0 Å². The van der Waals surface area contributed by atoms with E-state index in [0.717, 1.165) is 12.8 Å². The van der Waals surface area contributed by atoms with E-state index in [1.54, 1.807) is 51.2 Å². The number of amides is 2. The van der Waals surface area contributed by atoms with Gasteiger partial charge in [-0.2, -0.15) is 0 Å². The summed E-state index contributed by atoms with van der Waals surface area (Å²) in [4.78, 5) is 56.3. The van der Waals surface area contributed by atoms with Crippen molar-refractivity contribution in [2.45, 2.75) is 77.5 Å². The van der Waals surface area contributed by atoms with Crippen molar-refractivity contribution in [3.63, 3.8) is 0 Å². The topological polar surface area (TPSA) is 203 Å². The van der Waals surface area contributed by atoms with Crippen molar-refractivity contribution in [3.8, 4) is 0 Å². The normalized spacial score (nSPS) is 19.5. The predicted octanol–water partition coefficient (Wildman–Crippen LogP) is 3.81. The minimum atomic E-state index is -1.35. The molecule has 2 aliphatic rings. The first kappa shape index (κ1) is 33.4. The van der Waals surface area contributed by atoms with Crippen molar-refractivity contribution in [2.75, 3.05) is 11.9 Å². The number of anilines is 1. The molecule has 14 heteroatoms. The number of benzene rings is 1. The number of H-pyrrole nitrogens is 1. The fraction of sp³-hybridized carbons (Fsp3) is 0.452. The summed E-state index contributed by atoms with van der Waals surface area (Å²) in [5.74, 6) is -2.50. The molecule has 45 heavy (non-hydrogen) atoms. The number of carbonyl (C=O) groups excluding carboxylic acids is 2. The van der Waals surface area contributed by atoms with E-state index in [9.17, 15) is 29.4 Å². The summed E-state index contributed by atoms with van der Waals surface area (Å²) in [6, 6.07) is 6.64. The van der Waals surface area contributed by atoms with Crippen LogP contribution in [0.25, 0.3) is 0 Å². The Hall–Kier alpha value is -4.53. The van der Waals surface area contributed by atoms with Gasteiger partial charge in [0.05, 0.1) is 6.34 Å². The molecule has 2 aromatic rings. The number of aliphatic hydroxyl groups excluding tert-OH is 1. The third-order valence-corrected chi connectivity index (χ3v) is 7.26. The molecule has 1 fully saturated rings. The number of aromatic nitrogens is 1. The lowest BCUT2D eigenvalue weighted by atomic mass is 9.96. The number of carboxylic acid groups (broad SMARTS) is 2. The van der Waals surface area contributed by atoms with Crippen molar-refractivity contribution >= 4 is 41.7 Å². The lowest BCUT2D eigenvalue weighted by Crippen LogP contribution is -2.41. The average molecular weight is 626 g/mol. The number of nitrogens with one attached hydrogen (secondary N) is 3. The second-order valence-electron chi connectivity index (χ2n) is 11.9. The molecule has 6 N–H and O–H groups in total. The maximum Gasteiger partial charge on any atom is 0.326 e. The number of hydrogen-bond donors (Lipinski definition) is 6. The number of rotatable bonds is 12. The van der Waals surface area contributed by atoms with Gasteiger partial charge in [0.15, 0.2) is 12.5 Å². The highest BCUT2D eigenvalue weighted by Crippen LogP contribution is 2.35. The molecule has 0 spiro atoms. The molecule has 0 aliphatic carbocycles. The first-order chi connectivity index (χ1) is 21.3. The molecule has 4 rings (SSSR count). The van der Waals surface area contributed by atoms with Crippen LogP contribution in [0.5, 0.6) is 0 Å². The third kappa shape index (κ3) is 9.00. The summed E-state index contributed by atoms with van der Waals surface area (Å²) in [7, 11) is 0. The summed E-state index contributed by atoms with van der Waals surface area (Å²) in [6.45, 7) is 5.95. The molecular weight excluding hydrogens is 586 g/mol. The van der Waals surface area contributed by atoms with E-state index in [0.29, 0.717) is 35.8 Å².